The lowest BCUT2D eigenvalue weighted by molar-refractivity contribution is -0.138. The summed E-state index contributed by atoms with van der Waals surface area (Å²) in [5.41, 5.74) is 9.21. The van der Waals surface area contributed by atoms with Crippen molar-refractivity contribution in [3.8, 4) is 11.1 Å². The van der Waals surface area contributed by atoms with E-state index in [0.717, 1.165) is 31.7 Å². The van der Waals surface area contributed by atoms with Gasteiger partial charge in [-0.05, 0) is 112 Å². The zero-order valence-corrected chi connectivity index (χ0v) is 33.0. The molecule has 1 aliphatic carbocycles. The molecule has 1 heterocycles. The molecule has 2 atom stereocenters. The van der Waals surface area contributed by atoms with E-state index in [9.17, 15) is 19.2 Å². The molecular weight excluding hydrogens is 775 g/mol. The Hall–Kier alpha value is -4.08. The minimum Gasteiger partial charge on any atom is -0.346 e. The van der Waals surface area contributed by atoms with Gasteiger partial charge in [0.1, 0.15) is 5.82 Å². The molecule has 2 aliphatic rings. The van der Waals surface area contributed by atoms with Crippen molar-refractivity contribution in [3.05, 3.63) is 82.2 Å². The molecule has 306 valence electrons. The molecule has 56 heavy (non-hydrogen) atoms. The van der Waals surface area contributed by atoms with Crippen molar-refractivity contribution in [3.63, 3.8) is 0 Å². The minimum atomic E-state index is -5.07. The van der Waals surface area contributed by atoms with Crippen LogP contribution < -0.4 is 32.3 Å². The number of nitrogens with one attached hydrogen (secondary N) is 3. The Balaban J connectivity index is 0.00000420. The topological polar surface area (TPSA) is 160 Å². The molecule has 3 aromatic carbocycles. The molecule has 5 rings (SSSR count). The first-order chi connectivity index (χ1) is 25.7. The van der Waals surface area contributed by atoms with Crippen molar-refractivity contribution in [1.82, 2.24) is 10.6 Å². The molecule has 1 unspecified atom stereocenters. The van der Waals surface area contributed by atoms with Crippen LogP contribution >= 0.6 is 24.8 Å². The van der Waals surface area contributed by atoms with Gasteiger partial charge in [0.05, 0.1) is 40.9 Å². The molecular formula is C40H50Cl2F4N6O4. The Morgan fingerprint density at radius 3 is 2.23 bits per heavy atom. The molecule has 0 radical (unpaired) electrons. The van der Waals surface area contributed by atoms with Crippen molar-refractivity contribution < 1.29 is 36.7 Å². The summed E-state index contributed by atoms with van der Waals surface area (Å²) in [5.74, 6) is -4.12. The lowest BCUT2D eigenvalue weighted by Crippen LogP contribution is -2.48. The largest absolute Gasteiger partial charge is 0.417 e. The summed E-state index contributed by atoms with van der Waals surface area (Å²) >= 11 is 0. The highest BCUT2D eigenvalue weighted by molar-refractivity contribution is 6.16. The van der Waals surface area contributed by atoms with E-state index in [1.165, 1.54) is 32.0 Å². The number of halogens is 6. The number of nitrogens with two attached hydrogens (primary N) is 2. The van der Waals surface area contributed by atoms with E-state index < -0.39 is 58.2 Å². The Kier molecular flexibility index (Phi) is 16.8. The van der Waals surface area contributed by atoms with Gasteiger partial charge in [-0.25, -0.2) is 4.39 Å². The fraction of sp³-hybridized carbons (Fsp3) is 0.450. The predicted octanol–water partition coefficient (Wildman–Crippen LogP) is 6.60. The number of benzene rings is 3. The fourth-order valence-electron chi connectivity index (χ4n) is 7.50. The number of rotatable bonds is 13. The van der Waals surface area contributed by atoms with Crippen molar-refractivity contribution in [2.45, 2.75) is 83.5 Å². The molecule has 0 spiro atoms. The summed E-state index contributed by atoms with van der Waals surface area (Å²) in [4.78, 5) is 55.3. The third-order valence-electron chi connectivity index (χ3n) is 10.4. The molecule has 2 fully saturated rings. The highest BCUT2D eigenvalue weighted by atomic mass is 35.5. The number of alkyl halides is 3. The Morgan fingerprint density at radius 1 is 0.964 bits per heavy atom. The van der Waals surface area contributed by atoms with Crippen LogP contribution in [0.2, 0.25) is 0 Å². The maximum Gasteiger partial charge on any atom is 0.417 e. The second-order valence-corrected chi connectivity index (χ2v) is 14.1. The fourth-order valence-corrected chi connectivity index (χ4v) is 7.50. The minimum absolute atomic E-state index is 0. The third-order valence-corrected chi connectivity index (χ3v) is 10.4. The lowest BCUT2D eigenvalue weighted by atomic mass is 9.86. The van der Waals surface area contributed by atoms with Gasteiger partial charge in [0, 0.05) is 18.3 Å². The van der Waals surface area contributed by atoms with Crippen LogP contribution in [0, 0.1) is 25.6 Å². The maximum absolute atomic E-state index is 15.2. The number of hydrogen-bond donors (Lipinski definition) is 5. The van der Waals surface area contributed by atoms with Crippen LogP contribution in [0.3, 0.4) is 0 Å². The second kappa shape index (κ2) is 20.4. The summed E-state index contributed by atoms with van der Waals surface area (Å²) in [6, 6.07) is 10.6. The van der Waals surface area contributed by atoms with E-state index in [1.54, 1.807) is 29.2 Å². The van der Waals surface area contributed by atoms with Gasteiger partial charge in [-0.1, -0.05) is 37.1 Å². The second-order valence-electron chi connectivity index (χ2n) is 14.1. The normalized spacial score (nSPS) is 16.2. The smallest absolute Gasteiger partial charge is 0.346 e. The van der Waals surface area contributed by atoms with Crippen LogP contribution in [-0.2, 0) is 20.6 Å². The van der Waals surface area contributed by atoms with Gasteiger partial charge in [-0.15, -0.1) is 24.8 Å². The van der Waals surface area contributed by atoms with Gasteiger partial charge in [-0.2, -0.15) is 13.2 Å². The predicted molar refractivity (Wildman–Crippen MR) is 214 cm³/mol. The van der Waals surface area contributed by atoms with Crippen LogP contribution in [-0.4, -0.2) is 61.8 Å². The van der Waals surface area contributed by atoms with Crippen molar-refractivity contribution >= 4 is 59.7 Å². The first kappa shape index (κ1) is 46.3. The Morgan fingerprint density at radius 2 is 1.64 bits per heavy atom. The zero-order valence-electron chi connectivity index (χ0n) is 31.4. The van der Waals surface area contributed by atoms with E-state index in [2.05, 4.69) is 16.0 Å². The summed E-state index contributed by atoms with van der Waals surface area (Å²) in [6.45, 7) is 3.77. The average Bonchev–Trinajstić information content (AvgIpc) is 3.67. The summed E-state index contributed by atoms with van der Waals surface area (Å²) in [7, 11) is 0. The summed E-state index contributed by atoms with van der Waals surface area (Å²) in [5, 5.41) is 8.35. The average molecular weight is 826 g/mol. The van der Waals surface area contributed by atoms with Crippen LogP contribution in [0.5, 0.6) is 0 Å². The number of anilines is 2. The van der Waals surface area contributed by atoms with Crippen LogP contribution in [0.4, 0.5) is 28.9 Å². The maximum atomic E-state index is 15.2. The van der Waals surface area contributed by atoms with Gasteiger partial charge in [-0.3, -0.25) is 19.2 Å². The number of hydrogen-bond acceptors (Lipinski definition) is 7. The molecule has 3 aromatic rings. The molecule has 1 saturated heterocycles. The molecule has 7 N–H and O–H groups in total. The van der Waals surface area contributed by atoms with E-state index >= 15 is 17.6 Å². The third kappa shape index (κ3) is 10.6. The Labute approximate surface area is 336 Å². The number of ketones is 1. The highest BCUT2D eigenvalue weighted by Gasteiger charge is 2.41. The molecule has 1 aliphatic heterocycles. The van der Waals surface area contributed by atoms with Gasteiger partial charge in [0.25, 0.3) is 0 Å². The Bertz CT molecular complexity index is 1850. The summed E-state index contributed by atoms with van der Waals surface area (Å²) in [6.07, 6.45) is 0.345. The van der Waals surface area contributed by atoms with Crippen LogP contribution in [0.1, 0.15) is 84.0 Å². The lowest BCUT2D eigenvalue weighted by Gasteiger charge is -2.30. The standard InChI is InChI=1S/C40H48F4N6O4.2ClH/c1-23-8-5-12-30(41)34(23)37(52)35-32(49-38(53)26-9-7-19-47-21-26)20-29(24(2)36(35)40(42,43)44)25-14-16-28(17-15-25)50(27-10-3-4-11-27)33(51)22-48-39(54)31(46)13-6-18-45;;/h5,8,12,14-17,20,26-27,31,47H,3-4,6-7,9-11,13,18-19,21-22,45-46H2,1-2H3,(H,48,54)(H,49,53);2*1H/t26?,31-;;/m0../s1. The summed E-state index contributed by atoms with van der Waals surface area (Å²) < 4.78 is 60.6. The molecule has 0 aromatic heterocycles. The number of carbonyl (C=O) groups excluding carboxylic acids is 4. The number of carbonyl (C=O) groups is 4. The molecule has 16 heteroatoms. The molecule has 1 saturated carbocycles. The SMILES string of the molecule is Cc1cccc(F)c1C(=O)c1c(NC(=O)C2CCCNC2)cc(-c2ccc(N(C(=O)CNC(=O)[C@@H](N)CCCN)C3CCCC3)cc2)c(C)c1C(F)(F)F.Cl.Cl. The van der Waals surface area contributed by atoms with Crippen molar-refractivity contribution in [2.75, 3.05) is 36.4 Å². The van der Waals surface area contributed by atoms with Crippen molar-refractivity contribution in [1.29, 1.82) is 0 Å². The van der Waals surface area contributed by atoms with E-state index in [0.29, 0.717) is 56.6 Å². The van der Waals surface area contributed by atoms with Gasteiger partial charge in [0.2, 0.25) is 17.7 Å². The number of amides is 3. The van der Waals surface area contributed by atoms with Crippen LogP contribution in [0.25, 0.3) is 11.1 Å². The van der Waals surface area contributed by atoms with E-state index in [-0.39, 0.29) is 65.7 Å². The van der Waals surface area contributed by atoms with Gasteiger partial charge in [0.15, 0.2) is 5.78 Å². The van der Waals surface area contributed by atoms with Crippen molar-refractivity contribution in [2.24, 2.45) is 17.4 Å². The molecule has 10 nitrogen and oxygen atoms in total. The van der Waals surface area contributed by atoms with Gasteiger partial charge >= 0.3 is 6.18 Å². The van der Waals surface area contributed by atoms with Crippen LogP contribution in [0.15, 0.2) is 48.5 Å². The highest BCUT2D eigenvalue weighted by Crippen LogP contribution is 2.44. The van der Waals surface area contributed by atoms with Gasteiger partial charge < -0.3 is 32.3 Å². The first-order valence-electron chi connectivity index (χ1n) is 18.4. The quantitative estimate of drug-likeness (QED) is 0.0960. The zero-order chi connectivity index (χ0) is 39.2. The number of piperidine rings is 1. The van der Waals surface area contributed by atoms with E-state index in [4.69, 9.17) is 11.5 Å². The number of aryl methyl sites for hydroxylation is 1. The monoisotopic (exact) mass is 824 g/mol. The molecule has 3 amide bonds. The first-order valence-corrected chi connectivity index (χ1v) is 18.4. The van der Waals surface area contributed by atoms with E-state index in [1.807, 2.05) is 0 Å². The number of nitrogens with zero attached hydrogens (tertiary/aromatic N) is 1. The molecule has 0 bridgehead atoms.